The Morgan fingerprint density at radius 3 is 2.90 bits per heavy atom. The lowest BCUT2D eigenvalue weighted by Gasteiger charge is -2.05. The van der Waals surface area contributed by atoms with Gasteiger partial charge in [-0.2, -0.15) is 4.98 Å². The maximum Gasteiger partial charge on any atom is 0.358 e. The molecular weight excluding hydrogens is 343 g/mol. The molecule has 0 atom stereocenters. The number of imidazole rings is 1. The Bertz CT molecular complexity index is 847. The highest BCUT2D eigenvalue weighted by Gasteiger charge is 2.21. The molecule has 0 bridgehead atoms. The van der Waals surface area contributed by atoms with Gasteiger partial charge in [0, 0.05) is 10.7 Å². The molecule has 0 fully saturated rings. The molecule has 0 aliphatic heterocycles. The van der Waals surface area contributed by atoms with Gasteiger partial charge in [-0.25, -0.2) is 9.18 Å². The zero-order valence-electron chi connectivity index (χ0n) is 10.5. The van der Waals surface area contributed by atoms with Gasteiger partial charge in [0.1, 0.15) is 5.65 Å². The number of hydrogen-bond donors (Lipinski definition) is 1. The molecule has 0 saturated heterocycles. The van der Waals surface area contributed by atoms with Gasteiger partial charge in [-0.15, -0.1) is 0 Å². The maximum absolute atomic E-state index is 13.7. The summed E-state index contributed by atoms with van der Waals surface area (Å²) in [5.74, 6) is -2.08. The number of carbonyl (C=O) groups is 1. The normalized spacial score (nSPS) is 10.8. The van der Waals surface area contributed by atoms with Crippen molar-refractivity contribution in [1.82, 2.24) is 9.38 Å². The van der Waals surface area contributed by atoms with E-state index < -0.39 is 11.8 Å². The minimum atomic E-state index is -1.21. The van der Waals surface area contributed by atoms with Crippen LogP contribution in [0.1, 0.15) is 10.5 Å². The molecule has 0 unspecified atom stereocenters. The lowest BCUT2D eigenvalue weighted by atomic mass is 10.3. The molecule has 7 heteroatoms. The first-order valence-corrected chi connectivity index (χ1v) is 6.69. The number of ether oxygens (including phenoxy) is 1. The Morgan fingerprint density at radius 2 is 2.14 bits per heavy atom. The minimum absolute atomic E-state index is 0.102. The Balaban J connectivity index is 2.14. The van der Waals surface area contributed by atoms with E-state index in [0.29, 0.717) is 10.1 Å². The van der Waals surface area contributed by atoms with Crippen LogP contribution in [-0.2, 0) is 0 Å². The number of carboxylic acids is 1. The largest absolute Gasteiger partial charge is 0.476 e. The summed E-state index contributed by atoms with van der Waals surface area (Å²) in [7, 11) is 0. The Labute approximate surface area is 126 Å². The third-order valence-corrected chi connectivity index (χ3v) is 3.29. The van der Waals surface area contributed by atoms with Gasteiger partial charge in [0.15, 0.2) is 17.3 Å². The Kier molecular flexibility index (Phi) is 3.34. The Morgan fingerprint density at radius 1 is 1.33 bits per heavy atom. The summed E-state index contributed by atoms with van der Waals surface area (Å²) < 4.78 is 21.0. The molecule has 0 amide bonds. The lowest BCUT2D eigenvalue weighted by Crippen LogP contribution is -2.03. The molecule has 2 aromatic heterocycles. The van der Waals surface area contributed by atoms with E-state index >= 15 is 0 Å². The number of pyridine rings is 1. The summed E-state index contributed by atoms with van der Waals surface area (Å²) in [4.78, 5) is 15.5. The summed E-state index contributed by atoms with van der Waals surface area (Å²) in [6, 6.07) is 9.17. The van der Waals surface area contributed by atoms with Crippen LogP contribution in [0.2, 0.25) is 0 Å². The third-order valence-electron chi connectivity index (χ3n) is 2.80. The van der Waals surface area contributed by atoms with E-state index in [1.165, 1.54) is 22.6 Å². The van der Waals surface area contributed by atoms with E-state index in [0.717, 1.165) is 0 Å². The smallest absolute Gasteiger partial charge is 0.358 e. The fraction of sp³-hybridized carbons (Fsp3) is 0. The first-order valence-electron chi connectivity index (χ1n) is 5.89. The topological polar surface area (TPSA) is 63.8 Å². The van der Waals surface area contributed by atoms with E-state index in [1.807, 2.05) is 0 Å². The highest BCUT2D eigenvalue weighted by atomic mass is 79.9. The first-order chi connectivity index (χ1) is 10.1. The number of fused-ring (bicyclic) bond motifs is 1. The lowest BCUT2D eigenvalue weighted by molar-refractivity contribution is 0.0686. The molecule has 2 heterocycles. The first kappa shape index (κ1) is 13.6. The molecule has 1 aromatic carbocycles. The van der Waals surface area contributed by atoms with Crippen molar-refractivity contribution in [2.75, 3.05) is 0 Å². The van der Waals surface area contributed by atoms with Crippen molar-refractivity contribution in [2.24, 2.45) is 0 Å². The van der Waals surface area contributed by atoms with Crippen LogP contribution >= 0.6 is 15.9 Å². The molecule has 3 aromatic rings. The van der Waals surface area contributed by atoms with Crippen LogP contribution in [0.5, 0.6) is 11.6 Å². The van der Waals surface area contributed by atoms with Crippen LogP contribution in [0, 0.1) is 5.82 Å². The van der Waals surface area contributed by atoms with Gasteiger partial charge in [-0.05, 0) is 30.3 Å². The standard InChI is InChI=1S/C14H8BrFN2O3/c15-8-4-5-9(16)10(7-8)21-13-12(14(19)20)18-6-2-1-3-11(18)17-13/h1-7H,(H,19,20). The van der Waals surface area contributed by atoms with Crippen molar-refractivity contribution in [2.45, 2.75) is 0 Å². The van der Waals surface area contributed by atoms with Gasteiger partial charge in [0.2, 0.25) is 0 Å². The number of carboxylic acid groups (broad SMARTS) is 1. The average Bonchev–Trinajstić information content (AvgIpc) is 2.80. The summed E-state index contributed by atoms with van der Waals surface area (Å²) in [6.07, 6.45) is 1.55. The molecule has 0 spiro atoms. The number of halogens is 2. The molecule has 0 radical (unpaired) electrons. The second-order valence-corrected chi connectivity index (χ2v) is 5.09. The zero-order valence-corrected chi connectivity index (χ0v) is 12.0. The fourth-order valence-electron chi connectivity index (χ4n) is 1.90. The quantitative estimate of drug-likeness (QED) is 0.781. The van der Waals surface area contributed by atoms with Crippen LogP contribution < -0.4 is 4.74 Å². The van der Waals surface area contributed by atoms with Crippen LogP contribution in [0.25, 0.3) is 5.65 Å². The van der Waals surface area contributed by atoms with Crippen LogP contribution in [-0.4, -0.2) is 20.5 Å². The zero-order chi connectivity index (χ0) is 15.0. The average molecular weight is 351 g/mol. The van der Waals surface area contributed by atoms with E-state index in [1.54, 1.807) is 24.4 Å². The third kappa shape index (κ3) is 2.47. The van der Waals surface area contributed by atoms with Crippen LogP contribution in [0.4, 0.5) is 4.39 Å². The van der Waals surface area contributed by atoms with Gasteiger partial charge in [-0.3, -0.25) is 4.40 Å². The number of hydrogen-bond acceptors (Lipinski definition) is 3. The van der Waals surface area contributed by atoms with Gasteiger partial charge < -0.3 is 9.84 Å². The van der Waals surface area contributed by atoms with Crippen molar-refractivity contribution in [3.8, 4) is 11.6 Å². The highest BCUT2D eigenvalue weighted by molar-refractivity contribution is 9.10. The molecule has 106 valence electrons. The van der Waals surface area contributed by atoms with Crippen molar-refractivity contribution in [1.29, 1.82) is 0 Å². The van der Waals surface area contributed by atoms with Gasteiger partial charge in [0.25, 0.3) is 5.88 Å². The van der Waals surface area contributed by atoms with Gasteiger partial charge in [0.05, 0.1) is 0 Å². The minimum Gasteiger partial charge on any atom is -0.476 e. The monoisotopic (exact) mass is 350 g/mol. The summed E-state index contributed by atoms with van der Waals surface area (Å²) in [5.41, 5.74) is 0.241. The molecule has 1 N–H and O–H groups in total. The van der Waals surface area contributed by atoms with E-state index in [-0.39, 0.29) is 17.3 Å². The number of aromatic carboxylic acids is 1. The Hall–Kier alpha value is -2.41. The van der Waals surface area contributed by atoms with Gasteiger partial charge >= 0.3 is 5.97 Å². The number of nitrogens with zero attached hydrogens (tertiary/aromatic N) is 2. The van der Waals surface area contributed by atoms with E-state index in [9.17, 15) is 14.3 Å². The molecule has 21 heavy (non-hydrogen) atoms. The van der Waals surface area contributed by atoms with Crippen LogP contribution in [0.3, 0.4) is 0 Å². The van der Waals surface area contributed by atoms with Crippen molar-refractivity contribution >= 4 is 27.5 Å². The number of rotatable bonds is 3. The fourth-order valence-corrected chi connectivity index (χ4v) is 2.24. The second-order valence-electron chi connectivity index (χ2n) is 4.18. The van der Waals surface area contributed by atoms with Crippen LogP contribution in [0.15, 0.2) is 47.1 Å². The summed E-state index contributed by atoms with van der Waals surface area (Å²) in [6.45, 7) is 0. The summed E-state index contributed by atoms with van der Waals surface area (Å²) >= 11 is 3.20. The molecule has 3 rings (SSSR count). The van der Waals surface area contributed by atoms with Crippen molar-refractivity contribution in [3.63, 3.8) is 0 Å². The molecule has 0 aliphatic carbocycles. The number of aromatic nitrogens is 2. The van der Waals surface area contributed by atoms with Crippen molar-refractivity contribution in [3.05, 3.63) is 58.6 Å². The summed E-state index contributed by atoms with van der Waals surface area (Å²) in [5, 5.41) is 9.31. The molecular formula is C14H8BrFN2O3. The second kappa shape index (κ2) is 5.17. The molecule has 0 aliphatic rings. The van der Waals surface area contributed by atoms with Crippen molar-refractivity contribution < 1.29 is 19.0 Å². The van der Waals surface area contributed by atoms with E-state index in [2.05, 4.69) is 20.9 Å². The number of benzene rings is 1. The van der Waals surface area contributed by atoms with Gasteiger partial charge in [-0.1, -0.05) is 22.0 Å². The maximum atomic E-state index is 13.7. The molecule has 0 saturated carbocycles. The predicted octanol–water partition coefficient (Wildman–Crippen LogP) is 3.73. The van der Waals surface area contributed by atoms with E-state index in [4.69, 9.17) is 4.74 Å². The molecule has 5 nitrogen and oxygen atoms in total. The SMILES string of the molecule is O=C(O)c1c(Oc2cc(Br)ccc2F)nc2ccccn12. The predicted molar refractivity (Wildman–Crippen MR) is 76.3 cm³/mol. The highest BCUT2D eigenvalue weighted by Crippen LogP contribution is 2.29.